The van der Waals surface area contributed by atoms with Gasteiger partial charge in [-0.2, -0.15) is 5.26 Å². The molecule has 16 heavy (non-hydrogen) atoms. The van der Waals surface area contributed by atoms with Gasteiger partial charge in [0.15, 0.2) is 0 Å². The van der Waals surface area contributed by atoms with E-state index in [-0.39, 0.29) is 5.54 Å². The second-order valence-corrected chi connectivity index (χ2v) is 5.51. The van der Waals surface area contributed by atoms with Gasteiger partial charge in [-0.15, -0.1) is 0 Å². The third-order valence-corrected chi connectivity index (χ3v) is 3.64. The Kier molecular flexibility index (Phi) is 3.51. The van der Waals surface area contributed by atoms with Gasteiger partial charge >= 0.3 is 0 Å². The van der Waals surface area contributed by atoms with Crippen LogP contribution in [-0.4, -0.2) is 36.6 Å². The highest BCUT2D eigenvalue weighted by Crippen LogP contribution is 2.41. The van der Waals surface area contributed by atoms with Crippen LogP contribution < -0.4 is 5.32 Å². The predicted octanol–water partition coefficient (Wildman–Crippen LogP) is 1.75. The molecule has 0 radical (unpaired) electrons. The van der Waals surface area contributed by atoms with Gasteiger partial charge in [-0.05, 0) is 51.6 Å². The minimum atomic E-state index is -0.259. The van der Waals surface area contributed by atoms with Crippen molar-refractivity contribution in [1.82, 2.24) is 10.2 Å². The van der Waals surface area contributed by atoms with E-state index in [0.29, 0.717) is 12.0 Å². The van der Waals surface area contributed by atoms with Gasteiger partial charge in [-0.25, -0.2) is 0 Å². The van der Waals surface area contributed by atoms with Crippen molar-refractivity contribution in [2.75, 3.05) is 20.1 Å². The summed E-state index contributed by atoms with van der Waals surface area (Å²) in [6.07, 6.45) is 6.13. The Morgan fingerprint density at radius 2 is 2.06 bits per heavy atom. The zero-order chi connectivity index (χ0) is 11.6. The van der Waals surface area contributed by atoms with E-state index in [9.17, 15) is 5.26 Å². The lowest BCUT2D eigenvalue weighted by atomic mass is 9.94. The molecule has 0 aromatic heterocycles. The molecule has 1 atom stereocenters. The van der Waals surface area contributed by atoms with E-state index in [2.05, 4.69) is 30.3 Å². The van der Waals surface area contributed by atoms with Gasteiger partial charge in [-0.3, -0.25) is 5.32 Å². The zero-order valence-electron chi connectivity index (χ0n) is 10.5. The van der Waals surface area contributed by atoms with Crippen LogP contribution in [0.2, 0.25) is 0 Å². The molecule has 2 aliphatic carbocycles. The number of nitrogens with zero attached hydrogens (tertiary/aromatic N) is 2. The lowest BCUT2D eigenvalue weighted by molar-refractivity contribution is 0.226. The van der Waals surface area contributed by atoms with Crippen molar-refractivity contribution in [3.05, 3.63) is 0 Å². The van der Waals surface area contributed by atoms with Crippen LogP contribution in [-0.2, 0) is 0 Å². The van der Waals surface area contributed by atoms with Crippen molar-refractivity contribution in [1.29, 1.82) is 5.26 Å². The SMILES string of the molecule is CCCN(C)CC(C#N)(NC1CC1)C1CC1. The summed E-state index contributed by atoms with van der Waals surface area (Å²) in [7, 11) is 2.13. The van der Waals surface area contributed by atoms with Crippen LogP contribution in [0.25, 0.3) is 0 Å². The molecule has 0 aromatic rings. The molecule has 0 amide bonds. The van der Waals surface area contributed by atoms with E-state index < -0.39 is 0 Å². The lowest BCUT2D eigenvalue weighted by Gasteiger charge is -2.32. The summed E-state index contributed by atoms with van der Waals surface area (Å²) in [5.74, 6) is 0.595. The Bertz CT molecular complexity index is 275. The van der Waals surface area contributed by atoms with Crippen molar-refractivity contribution in [3.63, 3.8) is 0 Å². The zero-order valence-corrected chi connectivity index (χ0v) is 10.5. The molecule has 0 bridgehead atoms. The number of nitrogens with one attached hydrogen (secondary N) is 1. The Morgan fingerprint density at radius 1 is 1.38 bits per heavy atom. The van der Waals surface area contributed by atoms with Crippen molar-refractivity contribution in [3.8, 4) is 6.07 Å². The van der Waals surface area contributed by atoms with Crippen LogP contribution in [0.1, 0.15) is 39.0 Å². The minimum Gasteiger partial charge on any atom is -0.303 e. The fourth-order valence-corrected chi connectivity index (χ4v) is 2.51. The monoisotopic (exact) mass is 221 g/mol. The van der Waals surface area contributed by atoms with Crippen molar-refractivity contribution >= 4 is 0 Å². The van der Waals surface area contributed by atoms with E-state index in [0.717, 1.165) is 19.5 Å². The molecule has 0 heterocycles. The molecule has 2 rings (SSSR count). The topological polar surface area (TPSA) is 39.1 Å². The molecule has 2 aliphatic rings. The van der Waals surface area contributed by atoms with E-state index in [1.807, 2.05) is 0 Å². The van der Waals surface area contributed by atoms with Crippen molar-refractivity contribution in [2.24, 2.45) is 5.92 Å². The minimum absolute atomic E-state index is 0.259. The average Bonchev–Trinajstić information content (AvgIpc) is 3.10. The van der Waals surface area contributed by atoms with Crippen LogP contribution in [0.5, 0.6) is 0 Å². The summed E-state index contributed by atoms with van der Waals surface area (Å²) < 4.78 is 0. The fraction of sp³-hybridized carbons (Fsp3) is 0.923. The molecule has 0 aliphatic heterocycles. The van der Waals surface area contributed by atoms with Crippen LogP contribution in [0.15, 0.2) is 0 Å². The maximum Gasteiger partial charge on any atom is 0.122 e. The van der Waals surface area contributed by atoms with Crippen LogP contribution >= 0.6 is 0 Å². The molecule has 0 spiro atoms. The summed E-state index contributed by atoms with van der Waals surface area (Å²) in [6, 6.07) is 3.21. The van der Waals surface area contributed by atoms with Crippen molar-refractivity contribution in [2.45, 2.75) is 50.6 Å². The first-order valence-electron chi connectivity index (χ1n) is 6.57. The summed E-state index contributed by atoms with van der Waals surface area (Å²) in [6.45, 7) is 4.16. The highest BCUT2D eigenvalue weighted by atomic mass is 15.2. The molecule has 90 valence electrons. The Hall–Kier alpha value is -0.590. The Balaban J connectivity index is 1.97. The molecule has 2 fully saturated rings. The van der Waals surface area contributed by atoms with Gasteiger partial charge in [0.2, 0.25) is 0 Å². The van der Waals surface area contributed by atoms with Gasteiger partial charge in [0, 0.05) is 12.6 Å². The molecule has 2 saturated carbocycles. The van der Waals surface area contributed by atoms with Gasteiger partial charge in [0.25, 0.3) is 0 Å². The number of hydrogen-bond donors (Lipinski definition) is 1. The number of rotatable bonds is 7. The molecular formula is C13H23N3. The number of likely N-dealkylation sites (N-methyl/N-ethyl adjacent to an activating group) is 1. The maximum atomic E-state index is 9.54. The van der Waals surface area contributed by atoms with Crippen LogP contribution in [0.4, 0.5) is 0 Å². The highest BCUT2D eigenvalue weighted by Gasteiger charge is 2.48. The predicted molar refractivity (Wildman–Crippen MR) is 65.0 cm³/mol. The largest absolute Gasteiger partial charge is 0.303 e. The first-order chi connectivity index (χ1) is 7.70. The summed E-state index contributed by atoms with van der Waals surface area (Å²) in [5.41, 5.74) is -0.259. The molecule has 1 N–H and O–H groups in total. The first kappa shape index (κ1) is 11.9. The average molecular weight is 221 g/mol. The third-order valence-electron chi connectivity index (χ3n) is 3.64. The molecule has 3 nitrogen and oxygen atoms in total. The van der Waals surface area contributed by atoms with Gasteiger partial charge in [0.05, 0.1) is 6.07 Å². The molecule has 0 saturated heterocycles. The summed E-state index contributed by atoms with van der Waals surface area (Å²) in [5, 5.41) is 13.1. The molecule has 3 heteroatoms. The maximum absolute atomic E-state index is 9.54. The fourth-order valence-electron chi connectivity index (χ4n) is 2.51. The molecule has 0 aromatic carbocycles. The standard InChI is InChI=1S/C13H23N3/c1-3-8-16(2)10-13(9-14,11-4-5-11)15-12-6-7-12/h11-12,15H,3-8,10H2,1-2H3. The number of hydrogen-bond acceptors (Lipinski definition) is 3. The first-order valence-corrected chi connectivity index (χ1v) is 6.57. The second kappa shape index (κ2) is 4.73. The van der Waals surface area contributed by atoms with Crippen molar-refractivity contribution < 1.29 is 0 Å². The summed E-state index contributed by atoms with van der Waals surface area (Å²) in [4.78, 5) is 2.30. The quantitative estimate of drug-likeness (QED) is 0.712. The van der Waals surface area contributed by atoms with Gasteiger partial charge in [-0.1, -0.05) is 6.92 Å². The Morgan fingerprint density at radius 3 is 2.50 bits per heavy atom. The van der Waals surface area contributed by atoms with Crippen LogP contribution in [0.3, 0.4) is 0 Å². The number of nitriles is 1. The Labute approximate surface area is 98.8 Å². The summed E-state index contributed by atoms with van der Waals surface area (Å²) >= 11 is 0. The highest BCUT2D eigenvalue weighted by molar-refractivity contribution is 5.18. The molecular weight excluding hydrogens is 198 g/mol. The van der Waals surface area contributed by atoms with E-state index in [1.54, 1.807) is 0 Å². The van der Waals surface area contributed by atoms with E-state index in [1.165, 1.54) is 25.7 Å². The second-order valence-electron chi connectivity index (χ2n) is 5.51. The smallest absolute Gasteiger partial charge is 0.122 e. The van der Waals surface area contributed by atoms with Gasteiger partial charge in [0.1, 0.15) is 5.54 Å². The normalized spacial score (nSPS) is 24.1. The van der Waals surface area contributed by atoms with E-state index in [4.69, 9.17) is 0 Å². The third kappa shape index (κ3) is 2.75. The van der Waals surface area contributed by atoms with E-state index >= 15 is 0 Å². The molecule has 1 unspecified atom stereocenters. The van der Waals surface area contributed by atoms with Crippen LogP contribution in [0, 0.1) is 17.2 Å². The van der Waals surface area contributed by atoms with Gasteiger partial charge < -0.3 is 4.90 Å². The lowest BCUT2D eigenvalue weighted by Crippen LogP contribution is -2.54.